The summed E-state index contributed by atoms with van der Waals surface area (Å²) >= 11 is 5.23. The van der Waals surface area contributed by atoms with Crippen molar-refractivity contribution in [3.63, 3.8) is 0 Å². The number of aliphatic hydroxyl groups is 1. The van der Waals surface area contributed by atoms with Crippen molar-refractivity contribution < 1.29 is 14.6 Å². The van der Waals surface area contributed by atoms with Crippen molar-refractivity contribution in [2.75, 3.05) is 19.7 Å². The number of amides is 1. The highest BCUT2D eigenvalue weighted by Crippen LogP contribution is 2.50. The first kappa shape index (κ1) is 13.4. The Bertz CT molecular complexity index is 516. The maximum Gasteiger partial charge on any atom is 0.409 e. The number of aliphatic hydroxyl groups excluding tert-OH is 1. The molecule has 2 atom stereocenters. The van der Waals surface area contributed by atoms with Crippen LogP contribution in [0.5, 0.6) is 0 Å². The van der Waals surface area contributed by atoms with Crippen molar-refractivity contribution in [3.05, 3.63) is 19.8 Å². The number of hydrogen-bond acceptors (Lipinski definition) is 4. The average Bonchev–Trinajstić information content (AvgIpc) is 2.98. The van der Waals surface area contributed by atoms with Gasteiger partial charge in [0, 0.05) is 29.4 Å². The van der Waals surface area contributed by atoms with Gasteiger partial charge in [0.15, 0.2) is 0 Å². The molecule has 4 nitrogen and oxygen atoms in total. The number of fused-ring (bicyclic) bond motifs is 3. The van der Waals surface area contributed by atoms with E-state index in [0.29, 0.717) is 18.4 Å². The molecule has 0 aromatic carbocycles. The molecule has 104 valence electrons. The van der Waals surface area contributed by atoms with Gasteiger partial charge in [-0.25, -0.2) is 4.79 Å². The van der Waals surface area contributed by atoms with E-state index < -0.39 is 0 Å². The van der Waals surface area contributed by atoms with Crippen LogP contribution in [0, 0.1) is 5.92 Å². The lowest BCUT2D eigenvalue weighted by Gasteiger charge is -2.16. The molecule has 1 N–H and O–H groups in total. The summed E-state index contributed by atoms with van der Waals surface area (Å²) in [6, 6.07) is 0. The molecular formula is C13H16BrNO3S. The summed E-state index contributed by atoms with van der Waals surface area (Å²) in [6.07, 6.45) is 0.768. The van der Waals surface area contributed by atoms with Crippen LogP contribution >= 0.6 is 27.3 Å². The van der Waals surface area contributed by atoms with Gasteiger partial charge in [-0.2, -0.15) is 0 Å². The maximum absolute atomic E-state index is 11.8. The van der Waals surface area contributed by atoms with E-state index in [1.807, 2.05) is 11.8 Å². The van der Waals surface area contributed by atoms with Crippen LogP contribution in [0.25, 0.3) is 0 Å². The van der Waals surface area contributed by atoms with E-state index in [1.165, 1.54) is 10.4 Å². The van der Waals surface area contributed by atoms with Gasteiger partial charge < -0.3 is 14.7 Å². The second-order valence-electron chi connectivity index (χ2n) is 5.03. The molecule has 0 radical (unpaired) electrons. The lowest BCUT2D eigenvalue weighted by molar-refractivity contribution is 0.114. The molecule has 2 aliphatic rings. The fraction of sp³-hybridized carbons (Fsp3) is 0.615. The SMILES string of the molecule is CCOC(=O)N1CC2Cc3c(sc(Br)c3CO)C2C1. The van der Waals surface area contributed by atoms with Gasteiger partial charge in [-0.3, -0.25) is 0 Å². The number of thiophene rings is 1. The molecule has 1 aliphatic heterocycles. The monoisotopic (exact) mass is 345 g/mol. The van der Waals surface area contributed by atoms with Crippen LogP contribution in [0.3, 0.4) is 0 Å². The van der Waals surface area contributed by atoms with Crippen molar-refractivity contribution in [1.29, 1.82) is 0 Å². The summed E-state index contributed by atoms with van der Waals surface area (Å²) in [7, 11) is 0. The molecular weight excluding hydrogens is 330 g/mol. The molecule has 6 heteroatoms. The van der Waals surface area contributed by atoms with Gasteiger partial charge in [0.25, 0.3) is 0 Å². The second kappa shape index (κ2) is 5.07. The maximum atomic E-state index is 11.8. The summed E-state index contributed by atoms with van der Waals surface area (Å²) in [5.41, 5.74) is 2.34. The summed E-state index contributed by atoms with van der Waals surface area (Å²) in [6.45, 7) is 3.86. The van der Waals surface area contributed by atoms with Gasteiger partial charge >= 0.3 is 6.09 Å². The van der Waals surface area contributed by atoms with Gasteiger partial charge in [0.1, 0.15) is 0 Å². The Labute approximate surface area is 124 Å². The standard InChI is InChI=1S/C13H16BrNO3S/c1-2-18-13(17)15-4-7-3-8-10(6-16)12(14)19-11(8)9(7)5-15/h7,9,16H,2-6H2,1H3. The third-order valence-corrected chi connectivity index (χ3v) is 6.19. The topological polar surface area (TPSA) is 49.8 Å². The Morgan fingerprint density at radius 1 is 1.58 bits per heavy atom. The number of ether oxygens (including phenoxy) is 1. The van der Waals surface area contributed by atoms with Gasteiger partial charge in [-0.15, -0.1) is 11.3 Å². The minimum absolute atomic E-state index is 0.0907. The van der Waals surface area contributed by atoms with Gasteiger partial charge in [-0.05, 0) is 40.8 Å². The largest absolute Gasteiger partial charge is 0.450 e. The molecule has 1 aliphatic carbocycles. The van der Waals surface area contributed by atoms with Crippen LogP contribution in [0.15, 0.2) is 3.79 Å². The number of hydrogen-bond donors (Lipinski definition) is 1. The van der Waals surface area contributed by atoms with Crippen LogP contribution in [0.4, 0.5) is 4.79 Å². The van der Waals surface area contributed by atoms with E-state index in [4.69, 9.17) is 4.74 Å². The first-order chi connectivity index (χ1) is 9.15. The molecule has 3 rings (SSSR count). The zero-order valence-electron chi connectivity index (χ0n) is 10.7. The van der Waals surface area contributed by atoms with E-state index in [2.05, 4.69) is 15.9 Å². The highest BCUT2D eigenvalue weighted by atomic mass is 79.9. The summed E-state index contributed by atoms with van der Waals surface area (Å²) in [4.78, 5) is 14.9. The Morgan fingerprint density at radius 2 is 2.37 bits per heavy atom. The Kier molecular flexibility index (Phi) is 3.57. The van der Waals surface area contributed by atoms with Crippen molar-refractivity contribution in [2.24, 2.45) is 5.92 Å². The smallest absolute Gasteiger partial charge is 0.409 e. The summed E-state index contributed by atoms with van der Waals surface area (Å²) < 4.78 is 6.11. The van der Waals surface area contributed by atoms with Crippen molar-refractivity contribution in [1.82, 2.24) is 4.90 Å². The lowest BCUT2D eigenvalue weighted by Crippen LogP contribution is -2.30. The lowest BCUT2D eigenvalue weighted by atomic mass is 10.0. The number of likely N-dealkylation sites (tertiary alicyclic amines) is 1. The van der Waals surface area contributed by atoms with Crippen LogP contribution in [-0.4, -0.2) is 35.8 Å². The first-order valence-electron chi connectivity index (χ1n) is 6.48. The highest BCUT2D eigenvalue weighted by molar-refractivity contribution is 9.11. The second-order valence-corrected chi connectivity index (χ2v) is 7.40. The average molecular weight is 346 g/mol. The Hall–Kier alpha value is -0.590. The Balaban J connectivity index is 1.80. The van der Waals surface area contributed by atoms with E-state index in [1.54, 1.807) is 11.3 Å². The third kappa shape index (κ3) is 2.10. The molecule has 1 saturated heterocycles. The minimum Gasteiger partial charge on any atom is -0.450 e. The van der Waals surface area contributed by atoms with Crippen LogP contribution in [0.2, 0.25) is 0 Å². The van der Waals surface area contributed by atoms with Crippen LogP contribution in [-0.2, 0) is 17.8 Å². The molecule has 2 heterocycles. The number of rotatable bonds is 2. The fourth-order valence-corrected chi connectivity index (χ4v) is 5.31. The van der Waals surface area contributed by atoms with E-state index in [9.17, 15) is 9.90 Å². The zero-order valence-corrected chi connectivity index (χ0v) is 13.1. The summed E-state index contributed by atoms with van der Waals surface area (Å²) in [5.74, 6) is 0.907. The molecule has 0 bridgehead atoms. The fourth-order valence-electron chi connectivity index (χ4n) is 3.17. The predicted molar refractivity (Wildman–Crippen MR) is 76.5 cm³/mol. The van der Waals surface area contributed by atoms with Crippen molar-refractivity contribution in [3.8, 4) is 0 Å². The van der Waals surface area contributed by atoms with E-state index in [-0.39, 0.29) is 12.7 Å². The third-order valence-electron chi connectivity index (χ3n) is 4.03. The number of carbonyl (C=O) groups is 1. The van der Waals surface area contributed by atoms with E-state index in [0.717, 1.165) is 28.9 Å². The first-order valence-corrected chi connectivity index (χ1v) is 8.09. The van der Waals surface area contributed by atoms with Crippen molar-refractivity contribution in [2.45, 2.75) is 25.9 Å². The van der Waals surface area contributed by atoms with Crippen LogP contribution < -0.4 is 0 Å². The highest BCUT2D eigenvalue weighted by Gasteiger charge is 2.44. The zero-order chi connectivity index (χ0) is 13.6. The molecule has 0 saturated carbocycles. The van der Waals surface area contributed by atoms with E-state index >= 15 is 0 Å². The van der Waals surface area contributed by atoms with Gasteiger partial charge in [-0.1, -0.05) is 0 Å². The molecule has 0 spiro atoms. The number of nitrogens with zero attached hydrogens (tertiary/aromatic N) is 1. The quantitative estimate of drug-likeness (QED) is 0.896. The van der Waals surface area contributed by atoms with Crippen molar-refractivity contribution >= 4 is 33.4 Å². The van der Waals surface area contributed by atoms with Gasteiger partial charge in [0.2, 0.25) is 0 Å². The van der Waals surface area contributed by atoms with Gasteiger partial charge in [0.05, 0.1) is 17.0 Å². The molecule has 1 amide bonds. The molecule has 1 aromatic heterocycles. The Morgan fingerprint density at radius 3 is 3.05 bits per heavy atom. The number of halogens is 1. The molecule has 19 heavy (non-hydrogen) atoms. The molecule has 1 aromatic rings. The normalized spacial score (nSPS) is 24.5. The summed E-state index contributed by atoms with van der Waals surface area (Å²) in [5, 5.41) is 9.44. The van der Waals surface area contributed by atoms with Crippen LogP contribution in [0.1, 0.15) is 28.8 Å². The predicted octanol–water partition coefficient (Wildman–Crippen LogP) is 2.73. The number of carbonyl (C=O) groups excluding carboxylic acids is 1. The molecule has 2 unspecified atom stereocenters. The molecule has 1 fully saturated rings. The minimum atomic E-state index is -0.198.